The molecule has 20 heavy (non-hydrogen) atoms. The second-order valence-corrected chi connectivity index (χ2v) is 5.67. The van der Waals surface area contributed by atoms with E-state index in [0.717, 1.165) is 23.3 Å². The smallest absolute Gasteiger partial charge is 0.147 e. The van der Waals surface area contributed by atoms with Crippen LogP contribution in [0.1, 0.15) is 11.1 Å². The summed E-state index contributed by atoms with van der Waals surface area (Å²) < 4.78 is 5.85. The van der Waals surface area contributed by atoms with E-state index in [9.17, 15) is 0 Å². The molecule has 0 unspecified atom stereocenters. The Morgan fingerprint density at radius 1 is 0.950 bits per heavy atom. The maximum Gasteiger partial charge on any atom is 0.147 e. The van der Waals surface area contributed by atoms with E-state index >= 15 is 0 Å². The van der Waals surface area contributed by atoms with Crippen LogP contribution in [0.5, 0.6) is 11.5 Å². The van der Waals surface area contributed by atoms with Crippen LogP contribution < -0.4 is 10.5 Å². The Hall–Kier alpha value is -0.930. The van der Waals surface area contributed by atoms with Crippen LogP contribution in [-0.4, -0.2) is 6.54 Å². The third kappa shape index (κ3) is 3.58. The highest BCUT2D eigenvalue weighted by molar-refractivity contribution is 6.43. The van der Waals surface area contributed by atoms with Gasteiger partial charge in [-0.05, 0) is 37.6 Å². The van der Waals surface area contributed by atoms with Crippen LogP contribution in [0.15, 0.2) is 30.3 Å². The fraction of sp³-hybridized carbons (Fsp3) is 0.200. The second kappa shape index (κ2) is 6.68. The molecule has 5 heteroatoms. The van der Waals surface area contributed by atoms with Gasteiger partial charge >= 0.3 is 0 Å². The lowest BCUT2D eigenvalue weighted by molar-refractivity contribution is 0.476. The molecule has 0 atom stereocenters. The number of rotatable bonds is 4. The predicted molar refractivity (Wildman–Crippen MR) is 85.5 cm³/mol. The highest BCUT2D eigenvalue weighted by Crippen LogP contribution is 2.37. The lowest BCUT2D eigenvalue weighted by Crippen LogP contribution is -2.04. The molecule has 0 heterocycles. The first-order valence-corrected chi connectivity index (χ1v) is 7.26. The number of hydrogen-bond acceptors (Lipinski definition) is 2. The minimum Gasteiger partial charge on any atom is -0.455 e. The Kier molecular flexibility index (Phi) is 5.17. The van der Waals surface area contributed by atoms with E-state index in [1.165, 1.54) is 0 Å². The van der Waals surface area contributed by atoms with Crippen molar-refractivity contribution in [3.63, 3.8) is 0 Å². The van der Waals surface area contributed by atoms with E-state index in [1.807, 2.05) is 25.1 Å². The van der Waals surface area contributed by atoms with Gasteiger partial charge in [-0.25, -0.2) is 0 Å². The first-order chi connectivity index (χ1) is 9.51. The van der Waals surface area contributed by atoms with Gasteiger partial charge in [-0.1, -0.05) is 52.5 Å². The average Bonchev–Trinajstić information content (AvgIpc) is 2.39. The molecule has 2 N–H and O–H groups in total. The van der Waals surface area contributed by atoms with E-state index in [1.54, 1.807) is 12.1 Å². The zero-order valence-electron chi connectivity index (χ0n) is 10.9. The van der Waals surface area contributed by atoms with Gasteiger partial charge in [-0.15, -0.1) is 0 Å². The van der Waals surface area contributed by atoms with Gasteiger partial charge in [0.15, 0.2) is 0 Å². The summed E-state index contributed by atoms with van der Waals surface area (Å²) in [7, 11) is 0. The van der Waals surface area contributed by atoms with Gasteiger partial charge in [-0.2, -0.15) is 0 Å². The Morgan fingerprint density at radius 3 is 2.35 bits per heavy atom. The lowest BCUT2D eigenvalue weighted by Gasteiger charge is -2.13. The summed E-state index contributed by atoms with van der Waals surface area (Å²) >= 11 is 18.0. The van der Waals surface area contributed by atoms with Crippen LogP contribution >= 0.6 is 34.8 Å². The Balaban J connectivity index is 2.37. The summed E-state index contributed by atoms with van der Waals surface area (Å²) in [5.74, 6) is 1.20. The Bertz CT molecular complexity index is 629. The summed E-state index contributed by atoms with van der Waals surface area (Å²) in [5, 5.41) is 1.22. The highest BCUT2D eigenvalue weighted by Gasteiger charge is 2.10. The normalized spacial score (nSPS) is 10.7. The van der Waals surface area contributed by atoms with Crippen molar-refractivity contribution in [3.8, 4) is 11.5 Å². The van der Waals surface area contributed by atoms with Crippen LogP contribution in [0, 0.1) is 6.92 Å². The molecule has 0 aliphatic rings. The van der Waals surface area contributed by atoms with Crippen LogP contribution in [0.25, 0.3) is 0 Å². The molecule has 0 radical (unpaired) electrons. The molecule has 0 saturated carbocycles. The molecular formula is C15H14Cl3NO. The molecule has 0 aliphatic heterocycles. The van der Waals surface area contributed by atoms with Gasteiger partial charge in [0, 0.05) is 6.07 Å². The summed E-state index contributed by atoms with van der Waals surface area (Å²) in [6.07, 6.45) is 0.732. The van der Waals surface area contributed by atoms with Gasteiger partial charge in [0.2, 0.25) is 0 Å². The van der Waals surface area contributed by atoms with Crippen molar-refractivity contribution in [2.45, 2.75) is 13.3 Å². The van der Waals surface area contributed by atoms with E-state index in [2.05, 4.69) is 0 Å². The zero-order valence-corrected chi connectivity index (χ0v) is 13.2. The predicted octanol–water partition coefficient (Wildman–Crippen LogP) is 5.25. The van der Waals surface area contributed by atoms with Crippen molar-refractivity contribution < 1.29 is 4.74 Å². The van der Waals surface area contributed by atoms with E-state index in [4.69, 9.17) is 45.3 Å². The van der Waals surface area contributed by atoms with Crippen LogP contribution in [0.2, 0.25) is 15.1 Å². The molecule has 0 aromatic heterocycles. The highest BCUT2D eigenvalue weighted by atomic mass is 35.5. The van der Waals surface area contributed by atoms with Crippen molar-refractivity contribution in [3.05, 3.63) is 56.5 Å². The van der Waals surface area contributed by atoms with E-state index in [0.29, 0.717) is 27.4 Å². The number of aryl methyl sites for hydroxylation is 1. The monoisotopic (exact) mass is 329 g/mol. The largest absolute Gasteiger partial charge is 0.455 e. The summed E-state index contributed by atoms with van der Waals surface area (Å²) in [5.41, 5.74) is 7.82. The maximum absolute atomic E-state index is 6.12. The minimum atomic E-state index is 0.398. The molecule has 2 aromatic carbocycles. The van der Waals surface area contributed by atoms with Gasteiger partial charge in [0.1, 0.15) is 11.5 Å². The average molecular weight is 331 g/mol. The van der Waals surface area contributed by atoms with Gasteiger partial charge in [0.25, 0.3) is 0 Å². The van der Waals surface area contributed by atoms with Crippen molar-refractivity contribution in [1.29, 1.82) is 0 Å². The fourth-order valence-electron chi connectivity index (χ4n) is 1.86. The fourth-order valence-corrected chi connectivity index (χ4v) is 2.44. The SMILES string of the molecule is Cc1ccc(Oc2cc(Cl)c(Cl)cc2Cl)c(CCN)c1. The topological polar surface area (TPSA) is 35.2 Å². The number of benzene rings is 2. The summed E-state index contributed by atoms with van der Waals surface area (Å²) in [4.78, 5) is 0. The number of ether oxygens (including phenoxy) is 1. The molecule has 0 amide bonds. The van der Waals surface area contributed by atoms with Crippen molar-refractivity contribution in [1.82, 2.24) is 0 Å². The first kappa shape index (κ1) is 15.5. The second-order valence-electron chi connectivity index (χ2n) is 4.45. The van der Waals surface area contributed by atoms with Gasteiger partial charge < -0.3 is 10.5 Å². The lowest BCUT2D eigenvalue weighted by atomic mass is 10.1. The molecule has 0 spiro atoms. The number of halogens is 3. The van der Waals surface area contributed by atoms with Crippen LogP contribution in [0.4, 0.5) is 0 Å². The molecule has 0 aliphatic carbocycles. The van der Waals surface area contributed by atoms with Gasteiger partial charge in [0.05, 0.1) is 15.1 Å². The third-order valence-electron chi connectivity index (χ3n) is 2.82. The van der Waals surface area contributed by atoms with Crippen molar-refractivity contribution in [2.75, 3.05) is 6.54 Å². The molecule has 0 bridgehead atoms. The summed E-state index contributed by atoms with van der Waals surface area (Å²) in [6, 6.07) is 9.10. The maximum atomic E-state index is 6.12. The van der Waals surface area contributed by atoms with Gasteiger partial charge in [-0.3, -0.25) is 0 Å². The van der Waals surface area contributed by atoms with E-state index in [-0.39, 0.29) is 0 Å². The molecule has 2 aromatic rings. The van der Waals surface area contributed by atoms with Crippen LogP contribution in [-0.2, 0) is 6.42 Å². The molecule has 0 fully saturated rings. The zero-order chi connectivity index (χ0) is 14.7. The standard InChI is InChI=1S/C15H14Cl3NO/c1-9-2-3-14(10(6-9)4-5-19)20-15-8-12(17)11(16)7-13(15)18/h2-3,6-8H,4-5,19H2,1H3. The Labute approximate surface area is 133 Å². The minimum absolute atomic E-state index is 0.398. The molecule has 106 valence electrons. The molecule has 0 saturated heterocycles. The number of hydrogen-bond donors (Lipinski definition) is 1. The molecule has 2 nitrogen and oxygen atoms in total. The molecule has 2 rings (SSSR count). The van der Waals surface area contributed by atoms with Crippen LogP contribution in [0.3, 0.4) is 0 Å². The van der Waals surface area contributed by atoms with Crippen molar-refractivity contribution >= 4 is 34.8 Å². The Morgan fingerprint density at radius 2 is 1.65 bits per heavy atom. The first-order valence-electron chi connectivity index (χ1n) is 6.13. The summed E-state index contributed by atoms with van der Waals surface area (Å²) in [6.45, 7) is 2.57. The third-order valence-corrected chi connectivity index (χ3v) is 3.84. The quantitative estimate of drug-likeness (QED) is 0.777. The van der Waals surface area contributed by atoms with Crippen molar-refractivity contribution in [2.24, 2.45) is 5.73 Å². The molecular weight excluding hydrogens is 317 g/mol. The number of nitrogens with two attached hydrogens (primary N) is 1. The van der Waals surface area contributed by atoms with E-state index < -0.39 is 0 Å².